The Balaban J connectivity index is 0.00000289. The van der Waals surface area contributed by atoms with Crippen LogP contribution < -0.4 is 15.0 Å². The van der Waals surface area contributed by atoms with Crippen LogP contribution in [0.4, 0.5) is 23.2 Å². The molecule has 1 aliphatic rings. The molecule has 0 amide bonds. The molecule has 0 spiro atoms. The van der Waals surface area contributed by atoms with Crippen molar-refractivity contribution in [1.29, 1.82) is 0 Å². The molecule has 172 valence electrons. The van der Waals surface area contributed by atoms with E-state index in [9.17, 15) is 17.6 Å². The largest absolute Gasteiger partial charge is 0.490 e. The predicted molar refractivity (Wildman–Crippen MR) is 119 cm³/mol. The highest BCUT2D eigenvalue weighted by Crippen LogP contribution is 2.35. The molecule has 4 rings (SSSR count). The second-order valence-corrected chi connectivity index (χ2v) is 7.98. The number of hydrogen-bond donors (Lipinski definition) is 1. The Morgan fingerprint density at radius 2 is 1.88 bits per heavy atom. The summed E-state index contributed by atoms with van der Waals surface area (Å²) in [4.78, 5) is 6.25. The minimum Gasteiger partial charge on any atom is -0.490 e. The van der Waals surface area contributed by atoms with Gasteiger partial charge in [0.15, 0.2) is 0 Å². The van der Waals surface area contributed by atoms with Gasteiger partial charge in [0.05, 0.1) is 5.56 Å². The molecule has 3 aromatic rings. The van der Waals surface area contributed by atoms with Crippen molar-refractivity contribution in [2.45, 2.75) is 37.7 Å². The topological polar surface area (TPSA) is 37.4 Å². The number of nitrogens with zero attached hydrogens (tertiary/aromatic N) is 2. The lowest BCUT2D eigenvalue weighted by molar-refractivity contribution is -0.140. The molecule has 0 aliphatic heterocycles. The van der Waals surface area contributed by atoms with Gasteiger partial charge in [-0.25, -0.2) is 4.39 Å². The molecule has 2 aromatic carbocycles. The van der Waals surface area contributed by atoms with Gasteiger partial charge in [-0.3, -0.25) is 4.98 Å². The normalized spacial score (nSPS) is 18.1. The maximum atomic E-state index is 13.4. The molecular weight excluding hydrogens is 446 g/mol. The van der Waals surface area contributed by atoms with Crippen molar-refractivity contribution in [1.82, 2.24) is 10.3 Å². The number of nitrogens with one attached hydrogen (secondary N) is 1. The monoisotopic (exact) mass is 469 g/mol. The average molecular weight is 470 g/mol. The maximum absolute atomic E-state index is 13.4. The highest BCUT2D eigenvalue weighted by molar-refractivity contribution is 5.89. The first kappa shape index (κ1) is 24.1. The van der Waals surface area contributed by atoms with Crippen LogP contribution >= 0.6 is 12.4 Å². The SMILES string of the molecule is CN(C)c1ccc2cnccc2c1CNC1CC(Oc2ccc(F)c(C(F)(F)F)c2)C1.Cl. The number of halogens is 5. The molecule has 0 radical (unpaired) electrons. The van der Waals surface area contributed by atoms with Gasteiger partial charge in [-0.15, -0.1) is 12.4 Å². The molecule has 1 aliphatic carbocycles. The minimum absolute atomic E-state index is 0. The summed E-state index contributed by atoms with van der Waals surface area (Å²) in [6.07, 6.45) is 0.00420. The molecule has 9 heteroatoms. The lowest BCUT2D eigenvalue weighted by atomic mass is 9.88. The Kier molecular flexibility index (Phi) is 7.15. The first-order chi connectivity index (χ1) is 14.7. The molecule has 1 saturated carbocycles. The second-order valence-electron chi connectivity index (χ2n) is 7.98. The van der Waals surface area contributed by atoms with Crippen LogP contribution in [0, 0.1) is 5.82 Å². The summed E-state index contributed by atoms with van der Waals surface area (Å²) in [5.74, 6) is -1.26. The number of pyridine rings is 1. The third-order valence-corrected chi connectivity index (χ3v) is 5.60. The summed E-state index contributed by atoms with van der Waals surface area (Å²) in [6.45, 7) is 0.654. The van der Waals surface area contributed by atoms with Crippen molar-refractivity contribution < 1.29 is 22.3 Å². The number of hydrogen-bond acceptors (Lipinski definition) is 4. The van der Waals surface area contributed by atoms with Crippen LogP contribution in [0.15, 0.2) is 48.8 Å². The van der Waals surface area contributed by atoms with Crippen LogP contribution in [0.5, 0.6) is 5.75 Å². The fourth-order valence-electron chi connectivity index (χ4n) is 3.89. The van der Waals surface area contributed by atoms with Crippen LogP contribution in [-0.2, 0) is 12.7 Å². The molecular formula is C23H24ClF4N3O. The number of benzene rings is 2. The number of ether oxygens (including phenoxy) is 1. The van der Waals surface area contributed by atoms with Gasteiger partial charge < -0.3 is 15.0 Å². The van der Waals surface area contributed by atoms with E-state index in [0.717, 1.165) is 28.6 Å². The smallest absolute Gasteiger partial charge is 0.419 e. The van der Waals surface area contributed by atoms with Crippen LogP contribution in [-0.4, -0.2) is 31.2 Å². The summed E-state index contributed by atoms with van der Waals surface area (Å²) >= 11 is 0. The summed E-state index contributed by atoms with van der Waals surface area (Å²) in [7, 11) is 3.99. The molecule has 1 N–H and O–H groups in total. The molecule has 0 saturated heterocycles. The molecule has 1 aromatic heterocycles. The van der Waals surface area contributed by atoms with E-state index in [0.29, 0.717) is 19.4 Å². The second kappa shape index (κ2) is 9.50. The van der Waals surface area contributed by atoms with Crippen molar-refractivity contribution in [2.24, 2.45) is 0 Å². The fraction of sp³-hybridized carbons (Fsp3) is 0.348. The lowest BCUT2D eigenvalue weighted by Gasteiger charge is -2.36. The van der Waals surface area contributed by atoms with Gasteiger partial charge in [-0.05, 0) is 54.1 Å². The standard InChI is InChI=1S/C23H23F4N3O.ClH/c1-30(2)22-6-3-14-12-28-8-7-18(14)19(22)13-29-15-9-17(10-15)31-16-4-5-21(24)20(11-16)23(25,26)27;/h3-8,11-12,15,17,29H,9-10,13H2,1-2H3;1H. The maximum Gasteiger partial charge on any atom is 0.419 e. The van der Waals surface area contributed by atoms with Crippen molar-refractivity contribution >= 4 is 28.9 Å². The minimum atomic E-state index is -4.74. The molecule has 1 heterocycles. The molecule has 0 unspecified atom stereocenters. The van der Waals surface area contributed by atoms with E-state index in [4.69, 9.17) is 4.74 Å². The zero-order valence-corrected chi connectivity index (χ0v) is 18.4. The first-order valence-corrected chi connectivity index (χ1v) is 10.0. The van der Waals surface area contributed by atoms with Gasteiger partial charge in [0.1, 0.15) is 17.7 Å². The van der Waals surface area contributed by atoms with Gasteiger partial charge >= 0.3 is 6.18 Å². The van der Waals surface area contributed by atoms with E-state index in [1.165, 1.54) is 11.6 Å². The predicted octanol–water partition coefficient (Wildman–Crippen LogP) is 5.58. The summed E-state index contributed by atoms with van der Waals surface area (Å²) < 4.78 is 57.7. The Hall–Kier alpha value is -2.58. The van der Waals surface area contributed by atoms with E-state index in [1.807, 2.05) is 32.4 Å². The fourth-order valence-corrected chi connectivity index (χ4v) is 3.89. The van der Waals surface area contributed by atoms with Gasteiger partial charge in [-0.1, -0.05) is 6.07 Å². The van der Waals surface area contributed by atoms with Crippen LogP contribution in [0.25, 0.3) is 10.8 Å². The van der Waals surface area contributed by atoms with Crippen molar-refractivity contribution in [2.75, 3.05) is 19.0 Å². The third kappa shape index (κ3) is 5.07. The first-order valence-electron chi connectivity index (χ1n) is 10.0. The highest BCUT2D eigenvalue weighted by atomic mass is 35.5. The van der Waals surface area contributed by atoms with Gasteiger partial charge in [0, 0.05) is 50.1 Å². The number of rotatable bonds is 6. The lowest BCUT2D eigenvalue weighted by Crippen LogP contribution is -2.46. The van der Waals surface area contributed by atoms with Crippen LogP contribution in [0.3, 0.4) is 0 Å². The van der Waals surface area contributed by atoms with Crippen molar-refractivity contribution in [3.05, 3.63) is 65.7 Å². The molecule has 1 fully saturated rings. The highest BCUT2D eigenvalue weighted by Gasteiger charge is 2.35. The third-order valence-electron chi connectivity index (χ3n) is 5.60. The van der Waals surface area contributed by atoms with Crippen molar-refractivity contribution in [3.63, 3.8) is 0 Å². The van der Waals surface area contributed by atoms with E-state index < -0.39 is 17.6 Å². The Bertz CT molecular complexity index is 1080. The zero-order valence-electron chi connectivity index (χ0n) is 17.6. The molecule has 32 heavy (non-hydrogen) atoms. The summed E-state index contributed by atoms with van der Waals surface area (Å²) in [6, 6.07) is 9.07. The zero-order chi connectivity index (χ0) is 22.2. The summed E-state index contributed by atoms with van der Waals surface area (Å²) in [5, 5.41) is 5.71. The van der Waals surface area contributed by atoms with E-state index in [-0.39, 0.29) is 30.3 Å². The number of anilines is 1. The molecule has 0 bridgehead atoms. The molecule has 0 atom stereocenters. The molecule has 4 nitrogen and oxygen atoms in total. The van der Waals surface area contributed by atoms with E-state index in [1.54, 1.807) is 6.20 Å². The summed E-state index contributed by atoms with van der Waals surface area (Å²) in [5.41, 5.74) is 0.979. The Morgan fingerprint density at radius 3 is 2.56 bits per heavy atom. The van der Waals surface area contributed by atoms with Crippen LogP contribution in [0.1, 0.15) is 24.0 Å². The van der Waals surface area contributed by atoms with Gasteiger partial charge in [-0.2, -0.15) is 13.2 Å². The van der Waals surface area contributed by atoms with Crippen molar-refractivity contribution in [3.8, 4) is 5.75 Å². The quantitative estimate of drug-likeness (QED) is 0.478. The number of alkyl halides is 3. The van der Waals surface area contributed by atoms with Gasteiger partial charge in [0.25, 0.3) is 0 Å². The van der Waals surface area contributed by atoms with Gasteiger partial charge in [0.2, 0.25) is 0 Å². The Labute approximate surface area is 190 Å². The Morgan fingerprint density at radius 1 is 1.12 bits per heavy atom. The average Bonchev–Trinajstić information content (AvgIpc) is 2.69. The van der Waals surface area contributed by atoms with E-state index >= 15 is 0 Å². The van der Waals surface area contributed by atoms with Crippen LogP contribution in [0.2, 0.25) is 0 Å². The number of aromatic nitrogens is 1. The van der Waals surface area contributed by atoms with E-state index in [2.05, 4.69) is 21.3 Å². The number of fused-ring (bicyclic) bond motifs is 1.